The molecule has 2 aromatic rings. The zero-order valence-electron chi connectivity index (χ0n) is 14.3. The Kier molecular flexibility index (Phi) is 4.15. The van der Waals surface area contributed by atoms with Gasteiger partial charge in [0.2, 0.25) is 0 Å². The first-order valence-electron chi connectivity index (χ1n) is 8.52. The molecule has 2 heterocycles. The van der Waals surface area contributed by atoms with Gasteiger partial charge < -0.3 is 24.4 Å². The maximum atomic E-state index is 9.78. The number of hydrogen-bond donors (Lipinski definition) is 2. The van der Waals surface area contributed by atoms with Crippen LogP contribution in [0.4, 0.5) is 0 Å². The summed E-state index contributed by atoms with van der Waals surface area (Å²) in [5, 5.41) is 19.6. The lowest BCUT2D eigenvalue weighted by molar-refractivity contribution is 0.102. The highest BCUT2D eigenvalue weighted by Gasteiger charge is 2.44. The summed E-state index contributed by atoms with van der Waals surface area (Å²) in [6, 6.07) is 11.0. The molecule has 2 fully saturated rings. The van der Waals surface area contributed by atoms with E-state index in [2.05, 4.69) is 0 Å². The molecular weight excluding hydrogens is 320 g/mol. The monoisotopic (exact) mass is 342 g/mol. The minimum Gasteiger partial charge on any atom is -0.508 e. The van der Waals surface area contributed by atoms with Crippen LogP contribution in [0.15, 0.2) is 36.4 Å². The van der Waals surface area contributed by atoms with E-state index in [1.807, 2.05) is 38.1 Å². The predicted octanol–water partition coefficient (Wildman–Crippen LogP) is 3.31. The molecule has 0 aliphatic carbocycles. The minimum absolute atomic E-state index is 0.00340. The third-order valence-corrected chi connectivity index (χ3v) is 5.04. The van der Waals surface area contributed by atoms with Crippen LogP contribution in [0.3, 0.4) is 0 Å². The summed E-state index contributed by atoms with van der Waals surface area (Å²) in [6.45, 7) is 4.80. The van der Waals surface area contributed by atoms with Gasteiger partial charge in [-0.25, -0.2) is 0 Å². The average Bonchev–Trinajstić information content (AvgIpc) is 3.50. The first-order chi connectivity index (χ1) is 12.1. The van der Waals surface area contributed by atoms with Crippen molar-refractivity contribution in [3.05, 3.63) is 58.7 Å². The number of ether oxygens (including phenoxy) is 3. The lowest BCUT2D eigenvalue weighted by Gasteiger charge is -2.05. The molecule has 0 aromatic heterocycles. The van der Waals surface area contributed by atoms with Crippen molar-refractivity contribution in [1.29, 1.82) is 0 Å². The number of epoxide rings is 2. The van der Waals surface area contributed by atoms with E-state index >= 15 is 0 Å². The Bertz CT molecular complexity index is 722. The number of rotatable bonds is 6. The van der Waals surface area contributed by atoms with E-state index in [1.165, 1.54) is 0 Å². The Hall–Kier alpha value is -2.08. The number of phenolic OH excluding ortho intramolecular Hbond substituents is 2. The summed E-state index contributed by atoms with van der Waals surface area (Å²) in [6.07, 6.45) is 0.0491. The van der Waals surface area contributed by atoms with Crippen LogP contribution in [0.1, 0.15) is 34.5 Å². The van der Waals surface area contributed by atoms with Gasteiger partial charge >= 0.3 is 0 Å². The number of hydrogen-bond acceptors (Lipinski definition) is 5. The summed E-state index contributed by atoms with van der Waals surface area (Å²) in [7, 11) is 0. The smallest absolute Gasteiger partial charge is 0.118 e. The van der Waals surface area contributed by atoms with Gasteiger partial charge in [-0.15, -0.1) is 0 Å². The van der Waals surface area contributed by atoms with E-state index in [-0.39, 0.29) is 24.4 Å². The first-order valence-corrected chi connectivity index (χ1v) is 8.52. The Morgan fingerprint density at radius 2 is 1.24 bits per heavy atom. The van der Waals surface area contributed by atoms with Crippen LogP contribution in [0.5, 0.6) is 11.5 Å². The Morgan fingerprint density at radius 3 is 1.68 bits per heavy atom. The largest absolute Gasteiger partial charge is 0.508 e. The highest BCUT2D eigenvalue weighted by Crippen LogP contribution is 2.44. The van der Waals surface area contributed by atoms with Crippen LogP contribution in [0.2, 0.25) is 0 Å². The molecule has 2 aliphatic heterocycles. The molecule has 25 heavy (non-hydrogen) atoms. The van der Waals surface area contributed by atoms with Gasteiger partial charge in [-0.05, 0) is 48.2 Å². The van der Waals surface area contributed by atoms with E-state index in [4.69, 9.17) is 14.2 Å². The molecule has 4 atom stereocenters. The van der Waals surface area contributed by atoms with Crippen LogP contribution in [0, 0.1) is 13.8 Å². The molecule has 0 bridgehead atoms. The maximum absolute atomic E-state index is 9.78. The minimum atomic E-state index is -0.00340. The van der Waals surface area contributed by atoms with Gasteiger partial charge in [0, 0.05) is 0 Å². The highest BCUT2D eigenvalue weighted by molar-refractivity contribution is 5.42. The second-order valence-corrected chi connectivity index (χ2v) is 6.71. The molecular formula is C20H22O5. The van der Waals surface area contributed by atoms with Crippen molar-refractivity contribution in [2.24, 2.45) is 0 Å². The SMILES string of the molecule is Cc1c(O)cccc1C1OC1COCC1OC1c1cccc(O)c1C. The summed E-state index contributed by atoms with van der Waals surface area (Å²) < 4.78 is 17.1. The second-order valence-electron chi connectivity index (χ2n) is 6.71. The van der Waals surface area contributed by atoms with Crippen molar-refractivity contribution >= 4 is 0 Å². The normalized spacial score (nSPS) is 27.3. The fourth-order valence-corrected chi connectivity index (χ4v) is 3.28. The molecule has 2 N–H and O–H groups in total. The van der Waals surface area contributed by atoms with Gasteiger partial charge in [0.05, 0.1) is 13.2 Å². The lowest BCUT2D eigenvalue weighted by atomic mass is 10.0. The quantitative estimate of drug-likeness (QED) is 0.788. The van der Waals surface area contributed by atoms with Crippen LogP contribution in [0.25, 0.3) is 0 Å². The van der Waals surface area contributed by atoms with Crippen LogP contribution in [-0.4, -0.2) is 35.6 Å². The molecule has 2 saturated heterocycles. The predicted molar refractivity (Wildman–Crippen MR) is 91.7 cm³/mol. The summed E-state index contributed by atoms with van der Waals surface area (Å²) in [5.41, 5.74) is 3.76. The molecule has 0 saturated carbocycles. The van der Waals surface area contributed by atoms with E-state index in [0.717, 1.165) is 22.3 Å². The summed E-state index contributed by atoms with van der Waals surface area (Å²) in [5.74, 6) is 0.590. The Balaban J connectivity index is 1.25. The summed E-state index contributed by atoms with van der Waals surface area (Å²) >= 11 is 0. The molecule has 5 heteroatoms. The van der Waals surface area contributed by atoms with Crippen molar-refractivity contribution in [3.63, 3.8) is 0 Å². The zero-order chi connectivity index (χ0) is 17.6. The molecule has 2 aliphatic rings. The fourth-order valence-electron chi connectivity index (χ4n) is 3.28. The zero-order valence-corrected chi connectivity index (χ0v) is 14.3. The van der Waals surface area contributed by atoms with Crippen molar-refractivity contribution in [1.82, 2.24) is 0 Å². The molecule has 2 aromatic carbocycles. The lowest BCUT2D eigenvalue weighted by Crippen LogP contribution is -2.08. The average molecular weight is 342 g/mol. The topological polar surface area (TPSA) is 74.8 Å². The van der Waals surface area contributed by atoms with E-state index in [0.29, 0.717) is 24.7 Å². The fraction of sp³-hybridized carbons (Fsp3) is 0.400. The maximum Gasteiger partial charge on any atom is 0.118 e. The molecule has 5 nitrogen and oxygen atoms in total. The van der Waals surface area contributed by atoms with Crippen LogP contribution >= 0.6 is 0 Å². The van der Waals surface area contributed by atoms with E-state index in [1.54, 1.807) is 12.1 Å². The summed E-state index contributed by atoms with van der Waals surface area (Å²) in [4.78, 5) is 0. The van der Waals surface area contributed by atoms with Gasteiger partial charge in [-0.2, -0.15) is 0 Å². The second kappa shape index (κ2) is 6.33. The molecule has 4 rings (SSSR count). The van der Waals surface area contributed by atoms with Crippen molar-refractivity contribution < 1.29 is 24.4 Å². The van der Waals surface area contributed by atoms with Crippen LogP contribution in [-0.2, 0) is 14.2 Å². The van der Waals surface area contributed by atoms with Gasteiger partial charge in [0.15, 0.2) is 0 Å². The highest BCUT2D eigenvalue weighted by atomic mass is 16.6. The van der Waals surface area contributed by atoms with Crippen molar-refractivity contribution in [2.45, 2.75) is 38.3 Å². The molecule has 4 unspecified atom stereocenters. The Labute approximate surface area is 146 Å². The van der Waals surface area contributed by atoms with E-state index < -0.39 is 0 Å². The third kappa shape index (κ3) is 3.23. The number of aromatic hydroxyl groups is 2. The number of benzene rings is 2. The standard InChI is InChI=1S/C20H22O5/c1-11-13(5-3-7-15(11)21)19-17(24-19)9-23-10-18-20(25-18)14-6-4-8-16(22)12(14)2/h3-8,17-22H,9-10H2,1-2H3. The third-order valence-electron chi connectivity index (χ3n) is 5.04. The van der Waals surface area contributed by atoms with Gasteiger partial charge in [-0.3, -0.25) is 0 Å². The molecule has 0 spiro atoms. The molecule has 0 amide bonds. The van der Waals surface area contributed by atoms with Crippen LogP contribution < -0.4 is 0 Å². The van der Waals surface area contributed by atoms with Crippen molar-refractivity contribution in [2.75, 3.05) is 13.2 Å². The van der Waals surface area contributed by atoms with E-state index in [9.17, 15) is 10.2 Å². The van der Waals surface area contributed by atoms with Crippen molar-refractivity contribution in [3.8, 4) is 11.5 Å². The Morgan fingerprint density at radius 1 is 0.800 bits per heavy atom. The molecule has 0 radical (unpaired) electrons. The van der Waals surface area contributed by atoms with Gasteiger partial charge in [-0.1, -0.05) is 24.3 Å². The van der Waals surface area contributed by atoms with Gasteiger partial charge in [0.1, 0.15) is 35.9 Å². The molecule has 132 valence electrons. The van der Waals surface area contributed by atoms with Gasteiger partial charge in [0.25, 0.3) is 0 Å². The number of phenols is 2. The first kappa shape index (κ1) is 16.4.